The standard InChI is InChI=1S/C32H27ClN2O4S/c1-2-37-29-17-23(13-15-28(29)39-20-22-9-5-3-6-10-22)21-38-27-16-14-25(33)18-24(27)19-30-31(36)35-32(40-30)34-26-11-7-4-8-12-26/h3-19H,2,20-21H2,1H3,(H,34,35,36)/b30-19+. The van der Waals surface area contributed by atoms with Crippen LogP contribution in [-0.2, 0) is 18.0 Å². The maximum atomic E-state index is 12.6. The van der Waals surface area contributed by atoms with Gasteiger partial charge < -0.3 is 19.5 Å². The highest BCUT2D eigenvalue weighted by molar-refractivity contribution is 8.18. The summed E-state index contributed by atoms with van der Waals surface area (Å²) in [7, 11) is 0. The van der Waals surface area contributed by atoms with Gasteiger partial charge in [-0.25, -0.2) is 4.99 Å². The molecule has 0 saturated carbocycles. The van der Waals surface area contributed by atoms with Crippen LogP contribution in [0.2, 0.25) is 5.02 Å². The van der Waals surface area contributed by atoms with Crippen LogP contribution in [0.15, 0.2) is 107 Å². The van der Waals surface area contributed by atoms with Gasteiger partial charge in [-0.3, -0.25) is 4.79 Å². The molecule has 0 bridgehead atoms. The average Bonchev–Trinajstić information content (AvgIpc) is 3.31. The van der Waals surface area contributed by atoms with Crippen LogP contribution in [0, 0.1) is 0 Å². The van der Waals surface area contributed by atoms with Crippen LogP contribution in [0.5, 0.6) is 17.2 Å². The molecule has 1 amide bonds. The molecular formula is C32H27ClN2O4S. The van der Waals surface area contributed by atoms with E-state index in [1.807, 2.05) is 85.8 Å². The van der Waals surface area contributed by atoms with Gasteiger partial charge in [-0.2, -0.15) is 0 Å². The summed E-state index contributed by atoms with van der Waals surface area (Å²) in [5.41, 5.74) is 3.45. The summed E-state index contributed by atoms with van der Waals surface area (Å²) in [6, 6.07) is 30.6. The van der Waals surface area contributed by atoms with Crippen molar-refractivity contribution in [3.05, 3.63) is 124 Å². The van der Waals surface area contributed by atoms with E-state index in [1.54, 1.807) is 24.3 Å². The Morgan fingerprint density at radius 2 is 1.50 bits per heavy atom. The zero-order chi connectivity index (χ0) is 27.7. The van der Waals surface area contributed by atoms with E-state index in [4.69, 9.17) is 25.8 Å². The van der Waals surface area contributed by atoms with Gasteiger partial charge in [0.25, 0.3) is 5.91 Å². The summed E-state index contributed by atoms with van der Waals surface area (Å²) in [4.78, 5) is 17.7. The molecule has 1 aliphatic heterocycles. The first-order chi connectivity index (χ1) is 19.6. The fraction of sp³-hybridized carbons (Fsp3) is 0.125. The number of carbonyl (C=O) groups excluding carboxylic acids is 1. The molecule has 0 unspecified atom stereocenters. The lowest BCUT2D eigenvalue weighted by Crippen LogP contribution is -2.19. The molecule has 8 heteroatoms. The van der Waals surface area contributed by atoms with Gasteiger partial charge >= 0.3 is 0 Å². The van der Waals surface area contributed by atoms with Gasteiger partial charge in [0.05, 0.1) is 17.2 Å². The number of thioether (sulfide) groups is 1. The molecule has 0 spiro atoms. The summed E-state index contributed by atoms with van der Waals surface area (Å²) >= 11 is 7.56. The van der Waals surface area contributed by atoms with Crippen molar-refractivity contribution >= 4 is 46.2 Å². The van der Waals surface area contributed by atoms with Gasteiger partial charge in [0.2, 0.25) is 0 Å². The molecule has 4 aromatic rings. The number of amides is 1. The van der Waals surface area contributed by atoms with Crippen LogP contribution in [0.1, 0.15) is 23.6 Å². The van der Waals surface area contributed by atoms with Crippen molar-refractivity contribution in [2.75, 3.05) is 6.61 Å². The number of halogens is 1. The Balaban J connectivity index is 1.30. The molecule has 4 aromatic carbocycles. The van der Waals surface area contributed by atoms with E-state index >= 15 is 0 Å². The van der Waals surface area contributed by atoms with E-state index in [-0.39, 0.29) is 12.5 Å². The fourth-order valence-corrected chi connectivity index (χ4v) is 4.94. The third kappa shape index (κ3) is 7.25. The van der Waals surface area contributed by atoms with Crippen molar-refractivity contribution in [3.63, 3.8) is 0 Å². The largest absolute Gasteiger partial charge is 0.490 e. The number of hydrogen-bond acceptors (Lipinski definition) is 6. The quantitative estimate of drug-likeness (QED) is 0.197. The number of para-hydroxylation sites is 1. The number of nitrogens with one attached hydrogen (secondary N) is 1. The number of aliphatic imine (C=N–C) groups is 1. The number of amidine groups is 1. The minimum Gasteiger partial charge on any atom is -0.490 e. The Bertz CT molecular complexity index is 1540. The van der Waals surface area contributed by atoms with E-state index in [0.29, 0.717) is 51.1 Å². The first-order valence-electron chi connectivity index (χ1n) is 12.8. The van der Waals surface area contributed by atoms with Gasteiger partial charge in [-0.15, -0.1) is 0 Å². The molecule has 1 heterocycles. The minimum absolute atomic E-state index is 0.224. The zero-order valence-electron chi connectivity index (χ0n) is 21.8. The number of ether oxygens (including phenoxy) is 3. The molecule has 1 fully saturated rings. The lowest BCUT2D eigenvalue weighted by atomic mass is 10.1. The van der Waals surface area contributed by atoms with Crippen LogP contribution < -0.4 is 19.5 Å². The number of hydrogen-bond donors (Lipinski definition) is 1. The Hall–Kier alpha value is -4.20. The smallest absolute Gasteiger partial charge is 0.264 e. The molecule has 6 nitrogen and oxygen atoms in total. The van der Waals surface area contributed by atoms with Gasteiger partial charge in [-0.1, -0.05) is 66.2 Å². The van der Waals surface area contributed by atoms with E-state index in [1.165, 1.54) is 11.8 Å². The highest BCUT2D eigenvalue weighted by Gasteiger charge is 2.24. The first-order valence-corrected chi connectivity index (χ1v) is 14.0. The van der Waals surface area contributed by atoms with E-state index in [2.05, 4.69) is 10.3 Å². The van der Waals surface area contributed by atoms with Crippen molar-refractivity contribution < 1.29 is 19.0 Å². The van der Waals surface area contributed by atoms with Crippen molar-refractivity contribution in [1.29, 1.82) is 0 Å². The number of carbonyl (C=O) groups is 1. The Morgan fingerprint density at radius 3 is 2.27 bits per heavy atom. The monoisotopic (exact) mass is 570 g/mol. The maximum absolute atomic E-state index is 12.6. The highest BCUT2D eigenvalue weighted by atomic mass is 35.5. The van der Waals surface area contributed by atoms with Gasteiger partial charge in [0.15, 0.2) is 16.7 Å². The predicted octanol–water partition coefficient (Wildman–Crippen LogP) is 7.79. The summed E-state index contributed by atoms with van der Waals surface area (Å²) in [6.07, 6.45) is 1.76. The normalized spacial score (nSPS) is 14.8. The molecule has 202 valence electrons. The van der Waals surface area contributed by atoms with E-state index in [9.17, 15) is 4.79 Å². The van der Waals surface area contributed by atoms with Crippen LogP contribution in [0.3, 0.4) is 0 Å². The van der Waals surface area contributed by atoms with Crippen LogP contribution in [-0.4, -0.2) is 17.7 Å². The SMILES string of the molecule is CCOc1cc(COc2ccc(Cl)cc2/C=C2/SC(=Nc3ccccc3)NC2=O)ccc1OCc1ccccc1. The molecule has 1 aliphatic rings. The Kier molecular flexibility index (Phi) is 9.06. The first kappa shape index (κ1) is 27.4. The second-order valence-corrected chi connectivity index (χ2v) is 10.2. The van der Waals surface area contributed by atoms with Crippen molar-refractivity contribution in [2.45, 2.75) is 20.1 Å². The average molecular weight is 571 g/mol. The molecule has 1 N–H and O–H groups in total. The van der Waals surface area contributed by atoms with Crippen molar-refractivity contribution in [3.8, 4) is 17.2 Å². The third-order valence-corrected chi connectivity index (χ3v) is 6.98. The van der Waals surface area contributed by atoms with Gasteiger partial charge in [0, 0.05) is 10.6 Å². The fourth-order valence-electron chi connectivity index (χ4n) is 3.93. The van der Waals surface area contributed by atoms with E-state index in [0.717, 1.165) is 16.8 Å². The third-order valence-electron chi connectivity index (χ3n) is 5.84. The van der Waals surface area contributed by atoms with E-state index < -0.39 is 0 Å². The molecule has 5 rings (SSSR count). The second-order valence-electron chi connectivity index (χ2n) is 8.78. The zero-order valence-corrected chi connectivity index (χ0v) is 23.4. The number of rotatable bonds is 10. The molecule has 0 radical (unpaired) electrons. The van der Waals surface area contributed by atoms with Crippen molar-refractivity contribution in [2.24, 2.45) is 4.99 Å². The number of nitrogens with zero attached hydrogens (tertiary/aromatic N) is 1. The van der Waals surface area contributed by atoms with Crippen LogP contribution in [0.4, 0.5) is 5.69 Å². The van der Waals surface area contributed by atoms with Crippen molar-refractivity contribution in [1.82, 2.24) is 5.32 Å². The highest BCUT2D eigenvalue weighted by Crippen LogP contribution is 2.33. The van der Waals surface area contributed by atoms with Crippen LogP contribution in [0.25, 0.3) is 6.08 Å². The molecular weight excluding hydrogens is 544 g/mol. The predicted molar refractivity (Wildman–Crippen MR) is 161 cm³/mol. The minimum atomic E-state index is -0.224. The lowest BCUT2D eigenvalue weighted by molar-refractivity contribution is -0.115. The summed E-state index contributed by atoms with van der Waals surface area (Å²) in [5.74, 6) is 1.70. The summed E-state index contributed by atoms with van der Waals surface area (Å²) in [5, 5.41) is 3.87. The summed E-state index contributed by atoms with van der Waals surface area (Å²) in [6.45, 7) is 3.18. The van der Waals surface area contributed by atoms with Gasteiger partial charge in [-0.05, 0) is 78.4 Å². The lowest BCUT2D eigenvalue weighted by Gasteiger charge is -2.15. The van der Waals surface area contributed by atoms with Crippen LogP contribution >= 0.6 is 23.4 Å². The topological polar surface area (TPSA) is 69.2 Å². The molecule has 0 atom stereocenters. The second kappa shape index (κ2) is 13.2. The molecule has 1 saturated heterocycles. The van der Waals surface area contributed by atoms with Gasteiger partial charge in [0.1, 0.15) is 19.0 Å². The Morgan fingerprint density at radius 1 is 0.800 bits per heavy atom. The molecule has 40 heavy (non-hydrogen) atoms. The molecule has 0 aliphatic carbocycles. The summed E-state index contributed by atoms with van der Waals surface area (Å²) < 4.78 is 18.0. The Labute approximate surface area is 242 Å². The maximum Gasteiger partial charge on any atom is 0.264 e. The number of benzene rings is 4. The molecule has 0 aromatic heterocycles.